The molecule has 2 amide bonds. The van der Waals surface area contributed by atoms with Crippen LogP contribution in [-0.4, -0.2) is 29.5 Å². The summed E-state index contributed by atoms with van der Waals surface area (Å²) < 4.78 is 5.12. The molecule has 0 saturated carbocycles. The molecule has 0 atom stereocenters. The van der Waals surface area contributed by atoms with Crippen LogP contribution in [0.2, 0.25) is 0 Å². The van der Waals surface area contributed by atoms with Crippen molar-refractivity contribution in [2.75, 3.05) is 12.1 Å². The molecule has 7 heteroatoms. The molecule has 1 rings (SSSR count). The number of hydrogen-bond donors (Lipinski definition) is 3. The van der Waals surface area contributed by atoms with Crippen LogP contribution in [0.4, 0.5) is 15.3 Å². The molecule has 0 aliphatic heterocycles. The standard InChI is InChI=1S/C11H14N2O5/c1-3-7-4-5-8(6-9(7)18-2)13(11(16)17)12-10(14)15/h4-6,12H,3H2,1-2H3,(H,14,15)(H,16,17). The Morgan fingerprint density at radius 2 is 2.06 bits per heavy atom. The van der Waals surface area contributed by atoms with Crippen LogP contribution in [0.5, 0.6) is 5.75 Å². The number of benzene rings is 1. The summed E-state index contributed by atoms with van der Waals surface area (Å²) in [6.45, 7) is 1.93. The van der Waals surface area contributed by atoms with Crippen molar-refractivity contribution in [3.05, 3.63) is 23.8 Å². The summed E-state index contributed by atoms with van der Waals surface area (Å²) in [7, 11) is 1.47. The van der Waals surface area contributed by atoms with E-state index in [2.05, 4.69) is 0 Å². The molecule has 0 unspecified atom stereocenters. The van der Waals surface area contributed by atoms with Crippen LogP contribution >= 0.6 is 0 Å². The van der Waals surface area contributed by atoms with E-state index < -0.39 is 12.2 Å². The second kappa shape index (κ2) is 5.76. The highest BCUT2D eigenvalue weighted by atomic mass is 16.5. The summed E-state index contributed by atoms with van der Waals surface area (Å²) in [5.41, 5.74) is 2.85. The summed E-state index contributed by atoms with van der Waals surface area (Å²) in [5.74, 6) is 0.508. The lowest BCUT2D eigenvalue weighted by Crippen LogP contribution is -2.45. The fraction of sp³-hybridized carbons (Fsp3) is 0.273. The molecule has 0 heterocycles. The summed E-state index contributed by atoms with van der Waals surface area (Å²) in [4.78, 5) is 21.5. The molecule has 3 N–H and O–H groups in total. The van der Waals surface area contributed by atoms with Crippen LogP contribution in [-0.2, 0) is 6.42 Å². The van der Waals surface area contributed by atoms with Gasteiger partial charge in [-0.05, 0) is 18.1 Å². The molecule has 98 valence electrons. The zero-order valence-electron chi connectivity index (χ0n) is 10.0. The fourth-order valence-corrected chi connectivity index (χ4v) is 1.48. The third-order valence-corrected chi connectivity index (χ3v) is 2.31. The van der Waals surface area contributed by atoms with Crippen LogP contribution in [0, 0.1) is 0 Å². The average Bonchev–Trinajstić information content (AvgIpc) is 2.34. The van der Waals surface area contributed by atoms with Crippen molar-refractivity contribution in [1.29, 1.82) is 0 Å². The Bertz CT molecular complexity index is 461. The zero-order valence-corrected chi connectivity index (χ0v) is 10.0. The van der Waals surface area contributed by atoms with Crippen LogP contribution in [0.15, 0.2) is 18.2 Å². The monoisotopic (exact) mass is 254 g/mol. The van der Waals surface area contributed by atoms with Crippen LogP contribution in [0.3, 0.4) is 0 Å². The van der Waals surface area contributed by atoms with E-state index in [1.165, 1.54) is 19.2 Å². The molecule has 0 aliphatic carbocycles. The van der Waals surface area contributed by atoms with Gasteiger partial charge in [0, 0.05) is 6.07 Å². The van der Waals surface area contributed by atoms with E-state index in [9.17, 15) is 9.59 Å². The van der Waals surface area contributed by atoms with E-state index in [1.54, 1.807) is 11.5 Å². The number of methoxy groups -OCH3 is 1. The predicted molar refractivity (Wildman–Crippen MR) is 64.0 cm³/mol. The topological polar surface area (TPSA) is 99.1 Å². The molecule has 0 radical (unpaired) electrons. The molecule has 0 aromatic heterocycles. The van der Waals surface area contributed by atoms with Crippen molar-refractivity contribution < 1.29 is 24.5 Å². The molecular formula is C11H14N2O5. The number of ether oxygens (including phenoxy) is 1. The molecule has 1 aromatic carbocycles. The number of carboxylic acid groups (broad SMARTS) is 2. The Hall–Kier alpha value is -2.44. The minimum Gasteiger partial charge on any atom is -0.496 e. The predicted octanol–water partition coefficient (Wildman–Crippen LogP) is 1.92. The molecule has 7 nitrogen and oxygen atoms in total. The first kappa shape index (κ1) is 13.6. The van der Waals surface area contributed by atoms with Crippen LogP contribution < -0.4 is 15.2 Å². The number of aryl methyl sites for hydroxylation is 1. The fourth-order valence-electron chi connectivity index (χ4n) is 1.48. The van der Waals surface area contributed by atoms with Gasteiger partial charge in [0.25, 0.3) is 0 Å². The largest absolute Gasteiger partial charge is 0.496 e. The number of rotatable bonds is 3. The molecule has 0 saturated heterocycles. The van der Waals surface area contributed by atoms with E-state index in [1.807, 2.05) is 6.92 Å². The van der Waals surface area contributed by atoms with Gasteiger partial charge in [0.05, 0.1) is 12.8 Å². The third-order valence-electron chi connectivity index (χ3n) is 2.31. The molecule has 0 aliphatic rings. The number of hydrazine groups is 1. The van der Waals surface area contributed by atoms with Gasteiger partial charge in [-0.15, -0.1) is 0 Å². The van der Waals surface area contributed by atoms with Gasteiger partial charge in [0.1, 0.15) is 5.75 Å². The lowest BCUT2D eigenvalue weighted by molar-refractivity contribution is 0.181. The van der Waals surface area contributed by atoms with Crippen molar-refractivity contribution >= 4 is 17.9 Å². The van der Waals surface area contributed by atoms with E-state index in [-0.39, 0.29) is 5.69 Å². The van der Waals surface area contributed by atoms with Gasteiger partial charge in [0.2, 0.25) is 0 Å². The second-order valence-electron chi connectivity index (χ2n) is 3.38. The van der Waals surface area contributed by atoms with Crippen LogP contribution in [0.1, 0.15) is 12.5 Å². The number of carbonyl (C=O) groups is 2. The van der Waals surface area contributed by atoms with Crippen molar-refractivity contribution in [1.82, 2.24) is 5.43 Å². The number of hydrogen-bond acceptors (Lipinski definition) is 3. The summed E-state index contributed by atoms with van der Waals surface area (Å²) in [5, 5.41) is 18.0. The Balaban J connectivity index is 3.13. The van der Waals surface area contributed by atoms with Crippen molar-refractivity contribution in [2.45, 2.75) is 13.3 Å². The summed E-state index contributed by atoms with van der Waals surface area (Å²) >= 11 is 0. The second-order valence-corrected chi connectivity index (χ2v) is 3.38. The van der Waals surface area contributed by atoms with Gasteiger partial charge in [-0.2, -0.15) is 5.01 Å². The lowest BCUT2D eigenvalue weighted by Gasteiger charge is -2.19. The third kappa shape index (κ3) is 3.03. The number of anilines is 1. The van der Waals surface area contributed by atoms with Gasteiger partial charge < -0.3 is 14.9 Å². The van der Waals surface area contributed by atoms with Gasteiger partial charge in [0.15, 0.2) is 0 Å². The molecule has 0 spiro atoms. The maximum Gasteiger partial charge on any atom is 0.431 e. The van der Waals surface area contributed by atoms with Gasteiger partial charge in [-0.3, -0.25) is 0 Å². The number of nitrogens with one attached hydrogen (secondary N) is 1. The minimum absolute atomic E-state index is 0.166. The Labute approximate surface area is 104 Å². The lowest BCUT2D eigenvalue weighted by atomic mass is 10.1. The highest BCUT2D eigenvalue weighted by molar-refractivity contribution is 5.89. The Kier molecular flexibility index (Phi) is 4.36. The van der Waals surface area contributed by atoms with Gasteiger partial charge >= 0.3 is 12.2 Å². The van der Waals surface area contributed by atoms with Crippen molar-refractivity contribution in [3.8, 4) is 5.75 Å². The first-order chi connectivity index (χ1) is 8.49. The normalized spacial score (nSPS) is 9.67. The van der Waals surface area contributed by atoms with E-state index in [0.717, 1.165) is 12.0 Å². The number of nitrogens with zero attached hydrogens (tertiary/aromatic N) is 1. The average molecular weight is 254 g/mol. The minimum atomic E-state index is -1.46. The zero-order chi connectivity index (χ0) is 13.7. The van der Waals surface area contributed by atoms with Crippen molar-refractivity contribution in [3.63, 3.8) is 0 Å². The molecule has 1 aromatic rings. The number of amides is 2. The maximum atomic E-state index is 10.9. The molecule has 0 bridgehead atoms. The summed E-state index contributed by atoms with van der Waals surface area (Å²) in [6, 6.07) is 4.65. The highest BCUT2D eigenvalue weighted by Gasteiger charge is 2.18. The van der Waals surface area contributed by atoms with Crippen LogP contribution in [0.25, 0.3) is 0 Å². The van der Waals surface area contributed by atoms with E-state index in [0.29, 0.717) is 10.8 Å². The van der Waals surface area contributed by atoms with Gasteiger partial charge in [-0.1, -0.05) is 13.0 Å². The quantitative estimate of drug-likeness (QED) is 0.716. The molecule has 0 fully saturated rings. The van der Waals surface area contributed by atoms with E-state index >= 15 is 0 Å². The maximum absolute atomic E-state index is 10.9. The highest BCUT2D eigenvalue weighted by Crippen LogP contribution is 2.25. The van der Waals surface area contributed by atoms with Crippen molar-refractivity contribution in [2.24, 2.45) is 0 Å². The van der Waals surface area contributed by atoms with E-state index in [4.69, 9.17) is 14.9 Å². The summed E-state index contributed by atoms with van der Waals surface area (Å²) in [6.07, 6.45) is -2.16. The SMILES string of the molecule is CCc1ccc(N(NC(=O)O)C(=O)O)cc1OC. The van der Waals surface area contributed by atoms with Gasteiger partial charge in [-0.25, -0.2) is 15.0 Å². The Morgan fingerprint density at radius 1 is 1.39 bits per heavy atom. The molecule has 18 heavy (non-hydrogen) atoms. The molecular weight excluding hydrogens is 240 g/mol. The smallest absolute Gasteiger partial charge is 0.431 e. The first-order valence-corrected chi connectivity index (χ1v) is 5.19. The Morgan fingerprint density at radius 3 is 2.50 bits per heavy atom. The first-order valence-electron chi connectivity index (χ1n) is 5.19.